The molecule has 94 valence electrons. The minimum absolute atomic E-state index is 0.292. The van der Waals surface area contributed by atoms with Gasteiger partial charge in [0.25, 0.3) is 0 Å². The Morgan fingerprint density at radius 1 is 1.31 bits per heavy atom. The molecule has 0 bridgehead atoms. The van der Waals surface area contributed by atoms with E-state index in [0.717, 1.165) is 0 Å². The summed E-state index contributed by atoms with van der Waals surface area (Å²) in [5.41, 5.74) is 5.49. The Labute approximate surface area is 98.3 Å². The van der Waals surface area contributed by atoms with Crippen molar-refractivity contribution in [2.45, 2.75) is 70.4 Å². The molecule has 0 aromatic heterocycles. The molecular weight excluding hydrogens is 202 g/mol. The number of hydrogen-bond acceptors (Lipinski definition) is 3. The lowest BCUT2D eigenvalue weighted by Gasteiger charge is -2.24. The van der Waals surface area contributed by atoms with Crippen LogP contribution in [0.5, 0.6) is 0 Å². The molecule has 0 radical (unpaired) electrons. The van der Waals surface area contributed by atoms with Gasteiger partial charge in [0.1, 0.15) is 5.84 Å². The van der Waals surface area contributed by atoms with Gasteiger partial charge in [-0.3, -0.25) is 0 Å². The molecular formula is C12H25N3O. The van der Waals surface area contributed by atoms with Crippen LogP contribution in [0.2, 0.25) is 0 Å². The SMILES string of the molecule is CC(CC(N)=NO)NC1CCCCCCC1. The molecule has 4 heteroatoms. The molecule has 0 aromatic rings. The van der Waals surface area contributed by atoms with Crippen molar-refractivity contribution in [3.05, 3.63) is 0 Å². The Morgan fingerprint density at radius 3 is 2.44 bits per heavy atom. The van der Waals surface area contributed by atoms with E-state index in [1.54, 1.807) is 0 Å². The van der Waals surface area contributed by atoms with Crippen molar-refractivity contribution in [2.75, 3.05) is 0 Å². The first-order valence-corrected chi connectivity index (χ1v) is 6.45. The van der Waals surface area contributed by atoms with Crippen LogP contribution in [0.1, 0.15) is 58.3 Å². The van der Waals surface area contributed by atoms with Gasteiger partial charge in [-0.2, -0.15) is 0 Å². The van der Waals surface area contributed by atoms with Crippen molar-refractivity contribution in [1.82, 2.24) is 5.32 Å². The number of hydrogen-bond donors (Lipinski definition) is 3. The third-order valence-corrected chi connectivity index (χ3v) is 3.27. The van der Waals surface area contributed by atoms with Gasteiger partial charge in [-0.25, -0.2) is 0 Å². The maximum atomic E-state index is 8.51. The molecule has 4 N–H and O–H groups in total. The number of nitrogens with two attached hydrogens (primary N) is 1. The zero-order valence-electron chi connectivity index (χ0n) is 10.3. The lowest BCUT2D eigenvalue weighted by atomic mass is 9.96. The fourth-order valence-electron chi connectivity index (χ4n) is 2.44. The van der Waals surface area contributed by atoms with Crippen LogP contribution >= 0.6 is 0 Å². The Bertz CT molecular complexity index is 210. The first-order valence-electron chi connectivity index (χ1n) is 6.45. The number of nitrogens with one attached hydrogen (secondary N) is 1. The summed E-state index contributed by atoms with van der Waals surface area (Å²) >= 11 is 0. The van der Waals surface area contributed by atoms with Gasteiger partial charge < -0.3 is 16.3 Å². The lowest BCUT2D eigenvalue weighted by Crippen LogP contribution is -2.39. The summed E-state index contributed by atoms with van der Waals surface area (Å²) in [6, 6.07) is 0.905. The fraction of sp³-hybridized carbons (Fsp3) is 0.917. The number of rotatable bonds is 4. The van der Waals surface area contributed by atoms with Gasteiger partial charge in [0.15, 0.2) is 0 Å². The van der Waals surface area contributed by atoms with E-state index < -0.39 is 0 Å². The molecule has 1 aliphatic rings. The highest BCUT2D eigenvalue weighted by atomic mass is 16.4. The van der Waals surface area contributed by atoms with Crippen LogP contribution in [0.25, 0.3) is 0 Å². The van der Waals surface area contributed by atoms with E-state index in [-0.39, 0.29) is 0 Å². The molecule has 16 heavy (non-hydrogen) atoms. The average molecular weight is 227 g/mol. The Hall–Kier alpha value is -0.770. The lowest BCUT2D eigenvalue weighted by molar-refractivity contribution is 0.314. The summed E-state index contributed by atoms with van der Waals surface area (Å²) in [5.74, 6) is 0.311. The van der Waals surface area contributed by atoms with E-state index in [0.29, 0.717) is 24.3 Å². The zero-order valence-corrected chi connectivity index (χ0v) is 10.3. The largest absolute Gasteiger partial charge is 0.409 e. The second kappa shape index (κ2) is 7.49. The molecule has 1 fully saturated rings. The standard InChI is InChI=1S/C12H25N3O/c1-10(9-12(13)15-16)14-11-7-5-3-2-4-6-8-11/h10-11,14,16H,2-9H2,1H3,(H2,13,15). The molecule has 1 aliphatic carbocycles. The third-order valence-electron chi connectivity index (χ3n) is 3.27. The predicted molar refractivity (Wildman–Crippen MR) is 66.7 cm³/mol. The predicted octanol–water partition coefficient (Wildman–Crippen LogP) is 2.21. The van der Waals surface area contributed by atoms with Gasteiger partial charge in [0.05, 0.1) is 0 Å². The second-order valence-electron chi connectivity index (χ2n) is 4.91. The van der Waals surface area contributed by atoms with Crippen LogP contribution < -0.4 is 11.1 Å². The second-order valence-corrected chi connectivity index (χ2v) is 4.91. The summed E-state index contributed by atoms with van der Waals surface area (Å²) in [4.78, 5) is 0. The van der Waals surface area contributed by atoms with Crippen LogP contribution in [0.4, 0.5) is 0 Å². The van der Waals surface area contributed by atoms with Gasteiger partial charge >= 0.3 is 0 Å². The third kappa shape index (κ3) is 5.35. The summed E-state index contributed by atoms with van der Waals surface area (Å²) in [6.07, 6.45) is 9.93. The van der Waals surface area contributed by atoms with E-state index in [1.165, 1.54) is 44.9 Å². The normalized spacial score (nSPS) is 22.4. The fourth-order valence-corrected chi connectivity index (χ4v) is 2.44. The molecule has 1 unspecified atom stereocenters. The molecule has 0 aromatic carbocycles. The molecule has 0 aliphatic heterocycles. The molecule has 0 heterocycles. The highest BCUT2D eigenvalue weighted by Gasteiger charge is 2.14. The molecule has 1 rings (SSSR count). The maximum absolute atomic E-state index is 8.51. The minimum atomic E-state index is 0.292. The molecule has 1 saturated carbocycles. The minimum Gasteiger partial charge on any atom is -0.409 e. The molecule has 0 saturated heterocycles. The van der Waals surface area contributed by atoms with Crippen LogP contribution in [0.15, 0.2) is 5.16 Å². The molecule has 4 nitrogen and oxygen atoms in total. The van der Waals surface area contributed by atoms with Crippen molar-refractivity contribution in [3.8, 4) is 0 Å². The van der Waals surface area contributed by atoms with Crippen molar-refractivity contribution in [3.63, 3.8) is 0 Å². The van der Waals surface area contributed by atoms with Gasteiger partial charge in [0.2, 0.25) is 0 Å². The first-order chi connectivity index (χ1) is 7.72. The first kappa shape index (κ1) is 13.3. The smallest absolute Gasteiger partial charge is 0.140 e. The summed E-state index contributed by atoms with van der Waals surface area (Å²) in [6.45, 7) is 2.09. The summed E-state index contributed by atoms with van der Waals surface area (Å²) in [7, 11) is 0. The van der Waals surface area contributed by atoms with E-state index in [4.69, 9.17) is 10.9 Å². The Balaban J connectivity index is 2.27. The summed E-state index contributed by atoms with van der Waals surface area (Å²) < 4.78 is 0. The Kier molecular flexibility index (Phi) is 6.23. The van der Waals surface area contributed by atoms with Crippen molar-refractivity contribution in [1.29, 1.82) is 0 Å². The summed E-state index contributed by atoms with van der Waals surface area (Å²) in [5, 5.41) is 15.1. The van der Waals surface area contributed by atoms with Crippen molar-refractivity contribution in [2.24, 2.45) is 10.9 Å². The highest BCUT2D eigenvalue weighted by molar-refractivity contribution is 5.80. The van der Waals surface area contributed by atoms with E-state index in [1.807, 2.05) is 0 Å². The topological polar surface area (TPSA) is 70.6 Å². The molecule has 0 amide bonds. The highest BCUT2D eigenvalue weighted by Crippen LogP contribution is 2.17. The van der Waals surface area contributed by atoms with Crippen molar-refractivity contribution >= 4 is 5.84 Å². The number of nitrogens with zero attached hydrogens (tertiary/aromatic N) is 1. The van der Waals surface area contributed by atoms with Crippen LogP contribution in [0, 0.1) is 0 Å². The van der Waals surface area contributed by atoms with E-state index in [2.05, 4.69) is 17.4 Å². The van der Waals surface area contributed by atoms with Crippen LogP contribution in [-0.4, -0.2) is 23.1 Å². The van der Waals surface area contributed by atoms with Crippen LogP contribution in [0.3, 0.4) is 0 Å². The Morgan fingerprint density at radius 2 is 1.88 bits per heavy atom. The maximum Gasteiger partial charge on any atom is 0.140 e. The number of oxime groups is 1. The van der Waals surface area contributed by atoms with Gasteiger partial charge in [0, 0.05) is 18.5 Å². The average Bonchev–Trinajstić information content (AvgIpc) is 2.21. The monoisotopic (exact) mass is 227 g/mol. The van der Waals surface area contributed by atoms with Crippen LogP contribution in [-0.2, 0) is 0 Å². The van der Waals surface area contributed by atoms with Gasteiger partial charge in [-0.15, -0.1) is 0 Å². The molecule has 1 atom stereocenters. The van der Waals surface area contributed by atoms with Gasteiger partial charge in [-0.05, 0) is 19.8 Å². The van der Waals surface area contributed by atoms with Crippen molar-refractivity contribution < 1.29 is 5.21 Å². The quantitative estimate of drug-likeness (QED) is 0.298. The molecule has 0 spiro atoms. The zero-order chi connectivity index (χ0) is 11.8. The van der Waals surface area contributed by atoms with E-state index in [9.17, 15) is 0 Å². The van der Waals surface area contributed by atoms with Gasteiger partial charge in [-0.1, -0.05) is 37.3 Å². The van der Waals surface area contributed by atoms with E-state index >= 15 is 0 Å². The number of amidine groups is 1.